The third-order valence-corrected chi connectivity index (χ3v) is 3.92. The summed E-state index contributed by atoms with van der Waals surface area (Å²) in [4.78, 5) is 14.0. The molecule has 0 saturated carbocycles. The van der Waals surface area contributed by atoms with Gasteiger partial charge in [0, 0.05) is 19.3 Å². The van der Waals surface area contributed by atoms with Crippen LogP contribution in [0.5, 0.6) is 0 Å². The number of nitrogens with one attached hydrogen (secondary N) is 1. The Kier molecular flexibility index (Phi) is 6.29. The first-order valence-corrected chi connectivity index (χ1v) is 8.48. The average molecular weight is 326 g/mol. The molecular formula is C19H26N4O. The van der Waals surface area contributed by atoms with Crippen LogP contribution in [-0.4, -0.2) is 34.6 Å². The van der Waals surface area contributed by atoms with Crippen LogP contribution in [0.2, 0.25) is 0 Å². The third kappa shape index (κ3) is 4.54. The van der Waals surface area contributed by atoms with Gasteiger partial charge in [-0.25, -0.2) is 0 Å². The van der Waals surface area contributed by atoms with Crippen LogP contribution in [0.4, 0.5) is 11.5 Å². The summed E-state index contributed by atoms with van der Waals surface area (Å²) in [7, 11) is 1.80. The Morgan fingerprint density at radius 3 is 2.54 bits per heavy atom. The maximum absolute atomic E-state index is 12.3. The van der Waals surface area contributed by atoms with Crippen molar-refractivity contribution in [2.45, 2.75) is 39.5 Å². The number of carbonyl (C=O) groups excluding carboxylic acids is 1. The van der Waals surface area contributed by atoms with Crippen LogP contribution in [0.1, 0.15) is 55.6 Å². The summed E-state index contributed by atoms with van der Waals surface area (Å²) >= 11 is 0. The molecule has 128 valence electrons. The van der Waals surface area contributed by atoms with Gasteiger partial charge in [-0.05, 0) is 36.1 Å². The first-order valence-electron chi connectivity index (χ1n) is 8.48. The molecule has 0 atom stereocenters. The van der Waals surface area contributed by atoms with Crippen molar-refractivity contribution in [1.82, 2.24) is 15.1 Å². The Morgan fingerprint density at radius 1 is 1.17 bits per heavy atom. The minimum Gasteiger partial charge on any atom is -0.340 e. The van der Waals surface area contributed by atoms with E-state index in [1.807, 2.05) is 18.2 Å². The molecule has 1 aromatic carbocycles. The smallest absolute Gasteiger partial charge is 0.274 e. The molecule has 1 amide bonds. The molecule has 0 aliphatic heterocycles. The van der Waals surface area contributed by atoms with Gasteiger partial charge in [-0.1, -0.05) is 45.4 Å². The molecule has 1 aromatic heterocycles. The van der Waals surface area contributed by atoms with Crippen molar-refractivity contribution in [2.75, 3.05) is 18.9 Å². The molecule has 24 heavy (non-hydrogen) atoms. The van der Waals surface area contributed by atoms with Crippen molar-refractivity contribution in [3.05, 3.63) is 47.7 Å². The van der Waals surface area contributed by atoms with E-state index >= 15 is 0 Å². The lowest BCUT2D eigenvalue weighted by Crippen LogP contribution is -2.28. The van der Waals surface area contributed by atoms with Crippen LogP contribution < -0.4 is 5.32 Å². The zero-order valence-corrected chi connectivity index (χ0v) is 14.9. The van der Waals surface area contributed by atoms with E-state index in [0.717, 1.165) is 25.1 Å². The standard InChI is InChI=1S/C19H26N4O/c1-5-6-13-23(4)19(24)17-11-12-18(22-21-17)20-16-10-8-7-9-15(16)14(2)3/h7-12,14H,5-6,13H2,1-4H3,(H,20,22). The Bertz CT molecular complexity index is 667. The SMILES string of the molecule is CCCCN(C)C(=O)c1ccc(Nc2ccccc2C(C)C)nn1. The molecule has 0 radical (unpaired) electrons. The highest BCUT2D eigenvalue weighted by molar-refractivity contribution is 5.92. The number of aromatic nitrogens is 2. The maximum atomic E-state index is 12.3. The van der Waals surface area contributed by atoms with Gasteiger partial charge in [0.15, 0.2) is 11.5 Å². The second-order valence-corrected chi connectivity index (χ2v) is 6.25. The van der Waals surface area contributed by atoms with Crippen LogP contribution in [0.15, 0.2) is 36.4 Å². The van der Waals surface area contributed by atoms with Crippen LogP contribution in [0.25, 0.3) is 0 Å². The molecule has 2 aromatic rings. The molecule has 0 bridgehead atoms. The van der Waals surface area contributed by atoms with Crippen molar-refractivity contribution in [3.8, 4) is 0 Å². The van der Waals surface area contributed by atoms with Gasteiger partial charge in [0.05, 0.1) is 0 Å². The maximum Gasteiger partial charge on any atom is 0.274 e. The van der Waals surface area contributed by atoms with Crippen molar-refractivity contribution in [1.29, 1.82) is 0 Å². The molecule has 1 heterocycles. The molecular weight excluding hydrogens is 300 g/mol. The molecule has 2 rings (SSSR count). The molecule has 5 heteroatoms. The highest BCUT2D eigenvalue weighted by Crippen LogP contribution is 2.25. The second-order valence-electron chi connectivity index (χ2n) is 6.25. The number of rotatable bonds is 7. The number of hydrogen-bond acceptors (Lipinski definition) is 4. The van der Waals surface area contributed by atoms with Crippen molar-refractivity contribution < 1.29 is 4.79 Å². The summed E-state index contributed by atoms with van der Waals surface area (Å²) in [6.07, 6.45) is 2.04. The highest BCUT2D eigenvalue weighted by atomic mass is 16.2. The summed E-state index contributed by atoms with van der Waals surface area (Å²) < 4.78 is 0. The first-order chi connectivity index (χ1) is 11.5. The Balaban J connectivity index is 2.09. The number of unbranched alkanes of at least 4 members (excludes halogenated alkanes) is 1. The number of amides is 1. The topological polar surface area (TPSA) is 58.1 Å². The fourth-order valence-corrected chi connectivity index (χ4v) is 2.46. The van der Waals surface area contributed by atoms with Crippen LogP contribution in [0, 0.1) is 0 Å². The van der Waals surface area contributed by atoms with Gasteiger partial charge < -0.3 is 10.2 Å². The predicted octanol–water partition coefficient (Wildman–Crippen LogP) is 4.22. The summed E-state index contributed by atoms with van der Waals surface area (Å²) in [5.41, 5.74) is 2.61. The second kappa shape index (κ2) is 8.43. The molecule has 1 N–H and O–H groups in total. The molecule has 0 aliphatic rings. The first kappa shape index (κ1) is 17.9. The summed E-state index contributed by atoms with van der Waals surface area (Å²) in [5.74, 6) is 0.954. The summed E-state index contributed by atoms with van der Waals surface area (Å²) in [6, 6.07) is 11.7. The number of hydrogen-bond donors (Lipinski definition) is 1. The molecule has 0 saturated heterocycles. The fraction of sp³-hybridized carbons (Fsp3) is 0.421. The Labute approximate surface area is 144 Å². The minimum absolute atomic E-state index is 0.0925. The van der Waals surface area contributed by atoms with E-state index in [0.29, 0.717) is 17.4 Å². The van der Waals surface area contributed by atoms with Gasteiger partial charge in [0.2, 0.25) is 0 Å². The van der Waals surface area contributed by atoms with Crippen molar-refractivity contribution >= 4 is 17.4 Å². The summed E-state index contributed by atoms with van der Waals surface area (Å²) in [6.45, 7) is 7.15. The number of para-hydroxylation sites is 1. The summed E-state index contributed by atoms with van der Waals surface area (Å²) in [5, 5.41) is 11.5. The Hall–Kier alpha value is -2.43. The molecule has 0 aliphatic carbocycles. The van der Waals surface area contributed by atoms with E-state index in [-0.39, 0.29) is 5.91 Å². The molecule has 0 spiro atoms. The lowest BCUT2D eigenvalue weighted by Gasteiger charge is -2.16. The minimum atomic E-state index is -0.0925. The lowest BCUT2D eigenvalue weighted by atomic mass is 10.0. The van der Waals surface area contributed by atoms with E-state index in [9.17, 15) is 4.79 Å². The molecule has 0 unspecified atom stereocenters. The fourth-order valence-electron chi connectivity index (χ4n) is 2.46. The van der Waals surface area contributed by atoms with Crippen LogP contribution >= 0.6 is 0 Å². The highest BCUT2D eigenvalue weighted by Gasteiger charge is 2.13. The van der Waals surface area contributed by atoms with Crippen LogP contribution in [0.3, 0.4) is 0 Å². The van der Waals surface area contributed by atoms with Gasteiger partial charge in [-0.2, -0.15) is 0 Å². The van der Waals surface area contributed by atoms with E-state index in [1.54, 1.807) is 24.1 Å². The average Bonchev–Trinajstić information content (AvgIpc) is 2.60. The largest absolute Gasteiger partial charge is 0.340 e. The van der Waals surface area contributed by atoms with Gasteiger partial charge in [-0.15, -0.1) is 10.2 Å². The quantitative estimate of drug-likeness (QED) is 0.828. The normalized spacial score (nSPS) is 10.7. The number of benzene rings is 1. The number of anilines is 2. The molecule has 0 fully saturated rings. The zero-order valence-electron chi connectivity index (χ0n) is 14.9. The van der Waals surface area contributed by atoms with E-state index in [1.165, 1.54) is 5.56 Å². The van der Waals surface area contributed by atoms with Crippen molar-refractivity contribution in [2.24, 2.45) is 0 Å². The van der Waals surface area contributed by atoms with E-state index < -0.39 is 0 Å². The van der Waals surface area contributed by atoms with E-state index in [4.69, 9.17) is 0 Å². The van der Waals surface area contributed by atoms with Gasteiger partial charge in [0.1, 0.15) is 0 Å². The van der Waals surface area contributed by atoms with Gasteiger partial charge in [-0.3, -0.25) is 4.79 Å². The molecule has 5 nitrogen and oxygen atoms in total. The third-order valence-electron chi connectivity index (χ3n) is 3.92. The lowest BCUT2D eigenvalue weighted by molar-refractivity contribution is 0.0786. The number of nitrogens with zero attached hydrogens (tertiary/aromatic N) is 3. The Morgan fingerprint density at radius 2 is 1.92 bits per heavy atom. The monoisotopic (exact) mass is 326 g/mol. The zero-order chi connectivity index (χ0) is 17.5. The van der Waals surface area contributed by atoms with Crippen LogP contribution in [-0.2, 0) is 0 Å². The van der Waals surface area contributed by atoms with Gasteiger partial charge in [0.25, 0.3) is 5.91 Å². The van der Waals surface area contributed by atoms with Gasteiger partial charge >= 0.3 is 0 Å². The van der Waals surface area contributed by atoms with Crippen molar-refractivity contribution in [3.63, 3.8) is 0 Å². The van der Waals surface area contributed by atoms with E-state index in [2.05, 4.69) is 42.4 Å². The number of carbonyl (C=O) groups is 1. The predicted molar refractivity (Wildman–Crippen MR) is 97.7 cm³/mol.